The largest absolute Gasteiger partial charge is 0.397 e. The maximum absolute atomic E-state index is 11.1. The molecule has 4 nitrogen and oxygen atoms in total. The van der Waals surface area contributed by atoms with Crippen molar-refractivity contribution in [1.29, 1.82) is 0 Å². The molecule has 18 heavy (non-hydrogen) atoms. The van der Waals surface area contributed by atoms with Crippen molar-refractivity contribution in [2.45, 2.75) is 26.2 Å². The van der Waals surface area contributed by atoms with Gasteiger partial charge >= 0.3 is 0 Å². The zero-order valence-electron chi connectivity index (χ0n) is 10.9. The summed E-state index contributed by atoms with van der Waals surface area (Å²) in [4.78, 5) is 13.4. The normalized spacial score (nSPS) is 14.5. The number of hydrogen-bond acceptors (Lipinski definition) is 3. The summed E-state index contributed by atoms with van der Waals surface area (Å²) >= 11 is 0. The van der Waals surface area contributed by atoms with Gasteiger partial charge in [0.05, 0.1) is 11.4 Å². The first kappa shape index (κ1) is 12.7. The Labute approximate surface area is 108 Å². The average molecular weight is 247 g/mol. The Morgan fingerprint density at radius 2 is 2.17 bits per heavy atom. The molecule has 0 atom stereocenters. The number of carbonyl (C=O) groups is 1. The van der Waals surface area contributed by atoms with Crippen LogP contribution in [0.4, 0.5) is 11.4 Å². The Bertz CT molecular complexity index is 441. The monoisotopic (exact) mass is 247 g/mol. The van der Waals surface area contributed by atoms with Crippen LogP contribution in [0.3, 0.4) is 0 Å². The minimum Gasteiger partial charge on any atom is -0.397 e. The predicted molar refractivity (Wildman–Crippen MR) is 74.6 cm³/mol. The van der Waals surface area contributed by atoms with Gasteiger partial charge in [-0.2, -0.15) is 0 Å². The van der Waals surface area contributed by atoms with Crippen molar-refractivity contribution in [1.82, 2.24) is 0 Å². The second-order valence-electron chi connectivity index (χ2n) is 5.03. The van der Waals surface area contributed by atoms with Crippen LogP contribution in [0.5, 0.6) is 0 Å². The molecule has 0 aromatic heterocycles. The third kappa shape index (κ3) is 2.94. The van der Waals surface area contributed by atoms with Gasteiger partial charge < -0.3 is 16.4 Å². The van der Waals surface area contributed by atoms with Gasteiger partial charge in [0.25, 0.3) is 0 Å². The SMILES string of the molecule is CCCN(CC1CC1)c1ccc(C(N)=O)cc1N. The van der Waals surface area contributed by atoms with Crippen molar-refractivity contribution >= 4 is 17.3 Å². The fourth-order valence-electron chi connectivity index (χ4n) is 2.19. The summed E-state index contributed by atoms with van der Waals surface area (Å²) in [6.45, 7) is 4.22. The number of anilines is 2. The van der Waals surface area contributed by atoms with E-state index in [0.717, 1.165) is 31.1 Å². The van der Waals surface area contributed by atoms with Gasteiger partial charge in [-0.15, -0.1) is 0 Å². The number of benzene rings is 1. The van der Waals surface area contributed by atoms with Crippen LogP contribution < -0.4 is 16.4 Å². The Hall–Kier alpha value is -1.71. The van der Waals surface area contributed by atoms with Gasteiger partial charge in [0.2, 0.25) is 5.91 Å². The molecule has 0 radical (unpaired) electrons. The van der Waals surface area contributed by atoms with Crippen LogP contribution in [-0.2, 0) is 0 Å². The van der Waals surface area contributed by atoms with Crippen molar-refractivity contribution in [2.75, 3.05) is 23.7 Å². The van der Waals surface area contributed by atoms with E-state index in [9.17, 15) is 4.79 Å². The Balaban J connectivity index is 2.20. The van der Waals surface area contributed by atoms with Gasteiger partial charge in [-0.25, -0.2) is 0 Å². The molecule has 0 spiro atoms. The fourth-order valence-corrected chi connectivity index (χ4v) is 2.19. The van der Waals surface area contributed by atoms with E-state index in [4.69, 9.17) is 11.5 Å². The molecule has 0 aliphatic heterocycles. The third-order valence-electron chi connectivity index (χ3n) is 3.32. The number of rotatable bonds is 6. The molecule has 0 heterocycles. The summed E-state index contributed by atoms with van der Waals surface area (Å²) in [6, 6.07) is 5.34. The summed E-state index contributed by atoms with van der Waals surface area (Å²) in [7, 11) is 0. The number of amides is 1. The van der Waals surface area contributed by atoms with Gasteiger partial charge in [-0.05, 0) is 43.4 Å². The van der Waals surface area contributed by atoms with E-state index >= 15 is 0 Å². The van der Waals surface area contributed by atoms with Crippen molar-refractivity contribution in [2.24, 2.45) is 11.7 Å². The molecule has 1 aromatic carbocycles. The van der Waals surface area contributed by atoms with Crippen LogP contribution >= 0.6 is 0 Å². The molecule has 1 fully saturated rings. The molecule has 2 rings (SSSR count). The van der Waals surface area contributed by atoms with Crippen molar-refractivity contribution < 1.29 is 4.79 Å². The zero-order valence-corrected chi connectivity index (χ0v) is 10.9. The molecule has 98 valence electrons. The van der Waals surface area contributed by atoms with Crippen molar-refractivity contribution in [3.8, 4) is 0 Å². The number of carbonyl (C=O) groups excluding carboxylic acids is 1. The molecule has 1 aliphatic carbocycles. The lowest BCUT2D eigenvalue weighted by atomic mass is 10.1. The standard InChI is InChI=1S/C14H21N3O/c1-2-7-17(9-10-3-4-10)13-6-5-11(14(16)18)8-12(13)15/h5-6,8,10H,2-4,7,9,15H2,1H3,(H2,16,18). The van der Waals surface area contributed by atoms with E-state index in [-0.39, 0.29) is 0 Å². The number of primary amides is 1. The molecule has 0 unspecified atom stereocenters. The van der Waals surface area contributed by atoms with Crippen molar-refractivity contribution in [3.63, 3.8) is 0 Å². The Kier molecular flexibility index (Phi) is 3.75. The number of nitrogens with zero attached hydrogens (tertiary/aromatic N) is 1. The number of nitrogens with two attached hydrogens (primary N) is 2. The van der Waals surface area contributed by atoms with Gasteiger partial charge in [0.15, 0.2) is 0 Å². The Morgan fingerprint density at radius 1 is 1.44 bits per heavy atom. The molecular weight excluding hydrogens is 226 g/mol. The smallest absolute Gasteiger partial charge is 0.248 e. The maximum atomic E-state index is 11.1. The predicted octanol–water partition coefficient (Wildman–Crippen LogP) is 1.99. The first-order valence-electron chi connectivity index (χ1n) is 6.56. The highest BCUT2D eigenvalue weighted by Gasteiger charge is 2.25. The van der Waals surface area contributed by atoms with E-state index < -0.39 is 5.91 Å². The lowest BCUT2D eigenvalue weighted by Gasteiger charge is -2.26. The average Bonchev–Trinajstić information content (AvgIpc) is 3.12. The summed E-state index contributed by atoms with van der Waals surface area (Å²) in [5, 5.41) is 0. The van der Waals surface area contributed by atoms with Crippen LogP contribution in [0, 0.1) is 5.92 Å². The summed E-state index contributed by atoms with van der Waals surface area (Å²) in [5.74, 6) is 0.379. The van der Waals surface area contributed by atoms with Gasteiger partial charge in [0, 0.05) is 18.7 Å². The third-order valence-corrected chi connectivity index (χ3v) is 3.32. The second kappa shape index (κ2) is 5.29. The van der Waals surface area contributed by atoms with Gasteiger partial charge in [0.1, 0.15) is 0 Å². The summed E-state index contributed by atoms with van der Waals surface area (Å²) in [5.41, 5.74) is 13.4. The molecule has 4 N–H and O–H groups in total. The second-order valence-corrected chi connectivity index (χ2v) is 5.03. The highest BCUT2D eigenvalue weighted by atomic mass is 16.1. The lowest BCUT2D eigenvalue weighted by molar-refractivity contribution is 0.100. The van der Waals surface area contributed by atoms with E-state index in [1.54, 1.807) is 12.1 Å². The van der Waals surface area contributed by atoms with E-state index in [1.165, 1.54) is 12.8 Å². The number of hydrogen-bond donors (Lipinski definition) is 2. The van der Waals surface area contributed by atoms with Crippen LogP contribution in [-0.4, -0.2) is 19.0 Å². The molecule has 4 heteroatoms. The van der Waals surface area contributed by atoms with E-state index in [2.05, 4.69) is 11.8 Å². The Morgan fingerprint density at radius 3 is 2.67 bits per heavy atom. The van der Waals surface area contributed by atoms with Crippen LogP contribution in [0.15, 0.2) is 18.2 Å². The highest BCUT2D eigenvalue weighted by Crippen LogP contribution is 2.33. The zero-order chi connectivity index (χ0) is 13.1. The first-order valence-corrected chi connectivity index (χ1v) is 6.56. The molecule has 0 bridgehead atoms. The lowest BCUT2D eigenvalue weighted by Crippen LogP contribution is -2.27. The minimum absolute atomic E-state index is 0.433. The van der Waals surface area contributed by atoms with Gasteiger partial charge in [-0.3, -0.25) is 4.79 Å². The van der Waals surface area contributed by atoms with Crippen LogP contribution in [0.2, 0.25) is 0 Å². The molecule has 1 amide bonds. The van der Waals surface area contributed by atoms with Crippen LogP contribution in [0.25, 0.3) is 0 Å². The fraction of sp³-hybridized carbons (Fsp3) is 0.500. The van der Waals surface area contributed by atoms with Crippen molar-refractivity contribution in [3.05, 3.63) is 23.8 Å². The quantitative estimate of drug-likeness (QED) is 0.755. The first-order chi connectivity index (χ1) is 8.61. The molecule has 1 aliphatic rings. The molecule has 0 saturated heterocycles. The van der Waals surface area contributed by atoms with E-state index in [0.29, 0.717) is 11.3 Å². The van der Waals surface area contributed by atoms with Gasteiger partial charge in [-0.1, -0.05) is 6.92 Å². The maximum Gasteiger partial charge on any atom is 0.248 e. The topological polar surface area (TPSA) is 72.3 Å². The van der Waals surface area contributed by atoms with E-state index in [1.807, 2.05) is 6.07 Å². The summed E-state index contributed by atoms with van der Waals surface area (Å²) in [6.07, 6.45) is 3.72. The molecule has 1 saturated carbocycles. The highest BCUT2D eigenvalue weighted by molar-refractivity contribution is 5.94. The van der Waals surface area contributed by atoms with Crippen LogP contribution in [0.1, 0.15) is 36.5 Å². The summed E-state index contributed by atoms with van der Waals surface area (Å²) < 4.78 is 0. The number of nitrogen functional groups attached to an aromatic ring is 1. The minimum atomic E-state index is -0.433. The molecular formula is C14H21N3O. The molecule has 1 aromatic rings.